The van der Waals surface area contributed by atoms with Crippen molar-refractivity contribution in [2.45, 2.75) is 71.1 Å². The van der Waals surface area contributed by atoms with Gasteiger partial charge in [-0.15, -0.1) is 11.8 Å². The van der Waals surface area contributed by atoms with Gasteiger partial charge in [-0.3, -0.25) is 4.79 Å². The molecular formula is C18H24O2. The van der Waals surface area contributed by atoms with Gasteiger partial charge in [0, 0.05) is 19.3 Å². The van der Waals surface area contributed by atoms with E-state index in [1.54, 1.807) is 0 Å². The average Bonchev–Trinajstić information content (AvgIpc) is 2.43. The number of carboxylic acid groups (broad SMARTS) is 1. The van der Waals surface area contributed by atoms with Crippen molar-refractivity contribution in [2.75, 3.05) is 0 Å². The van der Waals surface area contributed by atoms with Crippen molar-refractivity contribution < 1.29 is 9.90 Å². The Morgan fingerprint density at radius 1 is 0.800 bits per heavy atom. The van der Waals surface area contributed by atoms with Crippen molar-refractivity contribution >= 4 is 5.97 Å². The Morgan fingerprint density at radius 2 is 1.35 bits per heavy atom. The smallest absolute Gasteiger partial charge is 0.303 e. The zero-order valence-corrected chi connectivity index (χ0v) is 12.4. The number of hydrogen-bond acceptors (Lipinski definition) is 1. The first kappa shape index (κ1) is 18.1. The Morgan fingerprint density at radius 3 is 2.00 bits per heavy atom. The summed E-state index contributed by atoms with van der Waals surface area (Å²) in [5, 5.41) is 8.48. The normalized spacial score (nSPS) is 8.45. The zero-order chi connectivity index (χ0) is 14.9. The number of rotatable bonds is 7. The van der Waals surface area contributed by atoms with Crippen LogP contribution >= 0.6 is 0 Å². The van der Waals surface area contributed by atoms with Crippen LogP contribution in [0, 0.1) is 35.5 Å². The molecule has 0 saturated heterocycles. The van der Waals surface area contributed by atoms with Crippen molar-refractivity contribution in [3.63, 3.8) is 0 Å². The second-order valence-corrected chi connectivity index (χ2v) is 4.43. The lowest BCUT2D eigenvalue weighted by Gasteiger charge is -1.97. The van der Waals surface area contributed by atoms with Gasteiger partial charge in [0.15, 0.2) is 0 Å². The quantitative estimate of drug-likeness (QED) is 0.562. The molecule has 0 bridgehead atoms. The predicted octanol–water partition coefficient (Wildman–Crippen LogP) is 4.00. The second-order valence-electron chi connectivity index (χ2n) is 4.43. The maximum absolute atomic E-state index is 10.3. The van der Waals surface area contributed by atoms with E-state index in [9.17, 15) is 4.79 Å². The maximum Gasteiger partial charge on any atom is 0.303 e. The molecule has 0 radical (unpaired) electrons. The van der Waals surface area contributed by atoms with Crippen molar-refractivity contribution in [1.82, 2.24) is 0 Å². The van der Waals surface area contributed by atoms with Crippen LogP contribution in [0.2, 0.25) is 0 Å². The van der Waals surface area contributed by atoms with Gasteiger partial charge in [-0.05, 0) is 12.8 Å². The summed E-state index contributed by atoms with van der Waals surface area (Å²) in [6.07, 6.45) is 8.49. The van der Waals surface area contributed by atoms with E-state index in [-0.39, 0.29) is 0 Å². The van der Waals surface area contributed by atoms with Crippen LogP contribution in [0.1, 0.15) is 71.1 Å². The van der Waals surface area contributed by atoms with Gasteiger partial charge < -0.3 is 5.11 Å². The molecule has 0 fully saturated rings. The van der Waals surface area contributed by atoms with E-state index in [0.29, 0.717) is 19.3 Å². The SMILES string of the molecule is CCC#CCC#CCC#CCCCCCCCC(=O)O. The Bertz CT molecular complexity index is 429. The largest absolute Gasteiger partial charge is 0.481 e. The van der Waals surface area contributed by atoms with Crippen LogP contribution in [-0.4, -0.2) is 11.1 Å². The summed E-state index contributed by atoms with van der Waals surface area (Å²) >= 11 is 0. The monoisotopic (exact) mass is 272 g/mol. The standard InChI is InChI=1S/C18H24O2/c1-2-3-4-5-6-7-8-9-10-11-12-13-14-15-16-17-18(19)20/h2,5,8,11-17H2,1H3,(H,19,20). The van der Waals surface area contributed by atoms with Crippen LogP contribution in [0.3, 0.4) is 0 Å². The molecule has 108 valence electrons. The van der Waals surface area contributed by atoms with Gasteiger partial charge in [-0.1, -0.05) is 49.9 Å². The Kier molecular flexibility index (Phi) is 13.8. The minimum absolute atomic E-state index is 0.293. The van der Waals surface area contributed by atoms with Gasteiger partial charge in [0.05, 0.1) is 12.8 Å². The molecule has 0 spiro atoms. The van der Waals surface area contributed by atoms with Crippen molar-refractivity contribution in [2.24, 2.45) is 0 Å². The molecule has 0 aliphatic rings. The highest BCUT2D eigenvalue weighted by Crippen LogP contribution is 2.06. The molecule has 0 aliphatic heterocycles. The number of aliphatic carboxylic acids is 1. The van der Waals surface area contributed by atoms with Crippen molar-refractivity contribution in [3.8, 4) is 35.5 Å². The van der Waals surface area contributed by atoms with Crippen LogP contribution < -0.4 is 0 Å². The fraction of sp³-hybridized carbons (Fsp3) is 0.611. The first-order valence-electron chi connectivity index (χ1n) is 7.36. The summed E-state index contributed by atoms with van der Waals surface area (Å²) in [5.41, 5.74) is 0. The second kappa shape index (κ2) is 15.2. The Hall–Kier alpha value is -1.85. The molecule has 0 unspecified atom stereocenters. The predicted molar refractivity (Wildman–Crippen MR) is 82.8 cm³/mol. The number of unbranched alkanes of at least 4 members (excludes halogenated alkanes) is 5. The molecule has 0 aromatic rings. The molecule has 0 heterocycles. The summed E-state index contributed by atoms with van der Waals surface area (Å²) in [4.78, 5) is 10.3. The van der Waals surface area contributed by atoms with Crippen LogP contribution in [-0.2, 0) is 4.79 Å². The highest BCUT2D eigenvalue weighted by Gasteiger charge is 1.95. The van der Waals surface area contributed by atoms with E-state index in [4.69, 9.17) is 5.11 Å². The van der Waals surface area contributed by atoms with Gasteiger partial charge in [0.25, 0.3) is 0 Å². The van der Waals surface area contributed by atoms with Crippen LogP contribution in [0.15, 0.2) is 0 Å². The third kappa shape index (κ3) is 16.1. The summed E-state index contributed by atoms with van der Waals surface area (Å²) < 4.78 is 0. The lowest BCUT2D eigenvalue weighted by Crippen LogP contribution is -1.93. The first-order valence-corrected chi connectivity index (χ1v) is 7.36. The molecule has 0 atom stereocenters. The van der Waals surface area contributed by atoms with E-state index in [1.807, 2.05) is 6.92 Å². The lowest BCUT2D eigenvalue weighted by molar-refractivity contribution is -0.137. The van der Waals surface area contributed by atoms with Crippen LogP contribution in [0.4, 0.5) is 0 Å². The van der Waals surface area contributed by atoms with E-state index in [1.165, 1.54) is 0 Å². The molecule has 1 N–H and O–H groups in total. The Balaban J connectivity index is 3.35. The molecule has 0 aliphatic carbocycles. The highest BCUT2D eigenvalue weighted by molar-refractivity contribution is 5.66. The number of carbonyl (C=O) groups is 1. The van der Waals surface area contributed by atoms with Gasteiger partial charge in [0.2, 0.25) is 0 Å². The molecule has 0 aromatic heterocycles. The first-order chi connectivity index (χ1) is 9.77. The zero-order valence-electron chi connectivity index (χ0n) is 12.4. The molecule has 0 amide bonds. The summed E-state index contributed by atoms with van der Waals surface area (Å²) in [7, 11) is 0. The third-order valence-electron chi connectivity index (χ3n) is 2.60. The van der Waals surface area contributed by atoms with Crippen molar-refractivity contribution in [1.29, 1.82) is 0 Å². The van der Waals surface area contributed by atoms with Gasteiger partial charge in [0.1, 0.15) is 0 Å². The molecule has 0 aromatic carbocycles. The molecule has 0 rings (SSSR count). The Labute approximate surface area is 123 Å². The average molecular weight is 272 g/mol. The van der Waals surface area contributed by atoms with Crippen molar-refractivity contribution in [3.05, 3.63) is 0 Å². The number of hydrogen-bond donors (Lipinski definition) is 1. The molecular weight excluding hydrogens is 248 g/mol. The minimum atomic E-state index is -0.697. The summed E-state index contributed by atoms with van der Waals surface area (Å²) in [6, 6.07) is 0. The van der Waals surface area contributed by atoms with Crippen LogP contribution in [0.25, 0.3) is 0 Å². The molecule has 2 heteroatoms. The van der Waals surface area contributed by atoms with Crippen LogP contribution in [0.5, 0.6) is 0 Å². The van der Waals surface area contributed by atoms with Gasteiger partial charge in [-0.2, -0.15) is 0 Å². The summed E-state index contributed by atoms with van der Waals surface area (Å²) in [6.45, 7) is 2.03. The van der Waals surface area contributed by atoms with E-state index < -0.39 is 5.97 Å². The van der Waals surface area contributed by atoms with Gasteiger partial charge in [-0.25, -0.2) is 0 Å². The summed E-state index contributed by atoms with van der Waals surface area (Å²) in [5.74, 6) is 17.4. The topological polar surface area (TPSA) is 37.3 Å². The van der Waals surface area contributed by atoms with E-state index in [2.05, 4.69) is 35.5 Å². The maximum atomic E-state index is 10.3. The molecule has 20 heavy (non-hydrogen) atoms. The third-order valence-corrected chi connectivity index (χ3v) is 2.60. The fourth-order valence-corrected chi connectivity index (χ4v) is 1.57. The lowest BCUT2D eigenvalue weighted by atomic mass is 10.1. The van der Waals surface area contributed by atoms with E-state index in [0.717, 1.165) is 44.9 Å². The fourth-order valence-electron chi connectivity index (χ4n) is 1.57. The highest BCUT2D eigenvalue weighted by atomic mass is 16.4. The van der Waals surface area contributed by atoms with Gasteiger partial charge >= 0.3 is 5.97 Å². The van der Waals surface area contributed by atoms with E-state index >= 15 is 0 Å². The molecule has 2 nitrogen and oxygen atoms in total. The number of carboxylic acids is 1. The molecule has 0 saturated carbocycles. The minimum Gasteiger partial charge on any atom is -0.481 e.